The summed E-state index contributed by atoms with van der Waals surface area (Å²) in [7, 11) is 3.96. The van der Waals surface area contributed by atoms with Gasteiger partial charge >= 0.3 is 0 Å². The van der Waals surface area contributed by atoms with Gasteiger partial charge in [0.05, 0.1) is 11.4 Å². The number of nitrogens with zero attached hydrogens (tertiary/aromatic N) is 4. The Hall–Kier alpha value is -2.75. The molecule has 128 valence electrons. The van der Waals surface area contributed by atoms with Gasteiger partial charge in [0.2, 0.25) is 5.96 Å². The zero-order valence-electron chi connectivity index (χ0n) is 15.4. The number of fused-ring (bicyclic) bond motifs is 2. The average Bonchev–Trinajstić information content (AvgIpc) is 2.69. The Morgan fingerprint density at radius 3 is 2.64 bits per heavy atom. The molecule has 0 aromatic carbocycles. The Bertz CT molecular complexity index is 864. The lowest BCUT2D eigenvalue weighted by Gasteiger charge is -2.20. The van der Waals surface area contributed by atoms with Crippen molar-refractivity contribution in [3.63, 3.8) is 0 Å². The number of aryl methyl sites for hydroxylation is 1. The first-order chi connectivity index (χ1) is 12.0. The molecule has 0 amide bonds. The monoisotopic (exact) mass is 332 g/mol. The third-order valence-corrected chi connectivity index (χ3v) is 4.53. The molecule has 0 saturated heterocycles. The van der Waals surface area contributed by atoms with Gasteiger partial charge in [-0.3, -0.25) is 4.98 Å². The molecule has 1 aromatic rings. The molecule has 0 saturated carbocycles. The fourth-order valence-corrected chi connectivity index (χ4v) is 3.31. The summed E-state index contributed by atoms with van der Waals surface area (Å²) in [5.74, 6) is 0.750. The highest BCUT2D eigenvalue weighted by Crippen LogP contribution is 2.38. The predicted molar refractivity (Wildman–Crippen MR) is 106 cm³/mol. The second-order valence-corrected chi connectivity index (χ2v) is 6.46. The van der Waals surface area contributed by atoms with E-state index in [0.29, 0.717) is 0 Å². The largest absolute Gasteiger partial charge is 0.347 e. The predicted octanol–water partition coefficient (Wildman–Crippen LogP) is 4.33. The van der Waals surface area contributed by atoms with Crippen LogP contribution in [0.3, 0.4) is 0 Å². The summed E-state index contributed by atoms with van der Waals surface area (Å²) in [6, 6.07) is 2.08. The highest BCUT2D eigenvalue weighted by molar-refractivity contribution is 6.14. The van der Waals surface area contributed by atoms with E-state index in [-0.39, 0.29) is 0 Å². The van der Waals surface area contributed by atoms with E-state index in [0.717, 1.165) is 35.8 Å². The summed E-state index contributed by atoms with van der Waals surface area (Å²) in [4.78, 5) is 15.9. The zero-order valence-corrected chi connectivity index (χ0v) is 15.4. The smallest absolute Gasteiger partial charge is 0.225 e. The molecule has 2 heterocycles. The maximum Gasteiger partial charge on any atom is 0.225 e. The summed E-state index contributed by atoms with van der Waals surface area (Å²) < 4.78 is 0. The van der Waals surface area contributed by atoms with Crippen LogP contribution < -0.4 is 0 Å². The molecular weight excluding hydrogens is 308 g/mol. The SMILES string of the molecule is C=C/C=C1/CC(c2ccncc2C)=C2CC(=NC(N(C)C)=N2)/C1=C/C. The standard InChI is InChI=1S/C21H24N4/c1-6-8-15-11-18(17-9-10-22-13-14(17)3)20-12-19(16(15)7-2)23-21(24-20)25(4)5/h6-10,13H,1,11-12H2,2-5H3/b15-8-,16-7+. The van der Waals surface area contributed by atoms with Crippen LogP contribution in [-0.2, 0) is 0 Å². The molecule has 1 aromatic heterocycles. The molecule has 0 N–H and O–H groups in total. The van der Waals surface area contributed by atoms with Crippen LogP contribution in [0, 0.1) is 6.92 Å². The number of hydrogen-bond donors (Lipinski definition) is 0. The highest BCUT2D eigenvalue weighted by atomic mass is 15.2. The Balaban J connectivity index is 2.28. The molecular formula is C21H24N4. The fraction of sp³-hybridized carbons (Fsp3) is 0.286. The van der Waals surface area contributed by atoms with Crippen molar-refractivity contribution in [2.45, 2.75) is 26.7 Å². The van der Waals surface area contributed by atoms with Gasteiger partial charge in [0.25, 0.3) is 0 Å². The van der Waals surface area contributed by atoms with Gasteiger partial charge in [-0.2, -0.15) is 0 Å². The van der Waals surface area contributed by atoms with Gasteiger partial charge in [0.1, 0.15) is 0 Å². The Morgan fingerprint density at radius 2 is 2.00 bits per heavy atom. The molecule has 0 fully saturated rings. The topological polar surface area (TPSA) is 40.9 Å². The number of guanidine groups is 1. The molecule has 0 radical (unpaired) electrons. The van der Waals surface area contributed by atoms with Gasteiger partial charge in [-0.25, -0.2) is 9.98 Å². The van der Waals surface area contributed by atoms with Crippen molar-refractivity contribution in [1.82, 2.24) is 9.88 Å². The Kier molecular flexibility index (Phi) is 4.79. The van der Waals surface area contributed by atoms with E-state index in [1.807, 2.05) is 37.5 Å². The Morgan fingerprint density at radius 1 is 1.20 bits per heavy atom. The van der Waals surface area contributed by atoms with Gasteiger partial charge in [0.15, 0.2) is 0 Å². The summed E-state index contributed by atoms with van der Waals surface area (Å²) in [5.41, 5.74) is 8.21. The first kappa shape index (κ1) is 17.1. The highest BCUT2D eigenvalue weighted by Gasteiger charge is 2.27. The van der Waals surface area contributed by atoms with Crippen LogP contribution in [0.4, 0.5) is 0 Å². The third-order valence-electron chi connectivity index (χ3n) is 4.53. The molecule has 4 heteroatoms. The van der Waals surface area contributed by atoms with E-state index < -0.39 is 0 Å². The Labute approximate surface area is 149 Å². The van der Waals surface area contributed by atoms with E-state index in [1.54, 1.807) is 0 Å². The van der Waals surface area contributed by atoms with E-state index in [9.17, 15) is 0 Å². The van der Waals surface area contributed by atoms with Crippen molar-refractivity contribution >= 4 is 17.2 Å². The molecule has 4 nitrogen and oxygen atoms in total. The van der Waals surface area contributed by atoms with Crippen molar-refractivity contribution in [2.75, 3.05) is 14.1 Å². The van der Waals surface area contributed by atoms with Crippen LogP contribution in [0.5, 0.6) is 0 Å². The molecule has 1 aliphatic heterocycles. The molecule has 2 aliphatic rings. The van der Waals surface area contributed by atoms with Crippen LogP contribution in [0.25, 0.3) is 5.57 Å². The van der Waals surface area contributed by atoms with Crippen molar-refractivity contribution < 1.29 is 0 Å². The van der Waals surface area contributed by atoms with Gasteiger partial charge in [-0.05, 0) is 47.8 Å². The van der Waals surface area contributed by atoms with Crippen LogP contribution >= 0.6 is 0 Å². The first-order valence-corrected chi connectivity index (χ1v) is 8.50. The van der Waals surface area contributed by atoms with Crippen molar-refractivity contribution in [2.24, 2.45) is 9.98 Å². The molecule has 0 atom stereocenters. The second-order valence-electron chi connectivity index (χ2n) is 6.46. The molecule has 0 spiro atoms. The lowest BCUT2D eigenvalue weighted by molar-refractivity contribution is 0.611. The summed E-state index contributed by atoms with van der Waals surface area (Å²) in [5, 5.41) is 0. The number of hydrogen-bond acceptors (Lipinski definition) is 4. The van der Waals surface area contributed by atoms with Gasteiger partial charge < -0.3 is 4.90 Å². The number of rotatable bonds is 2. The average molecular weight is 332 g/mol. The minimum Gasteiger partial charge on any atom is -0.347 e. The molecule has 1 aliphatic carbocycles. The van der Waals surface area contributed by atoms with E-state index in [2.05, 4.69) is 43.6 Å². The lowest BCUT2D eigenvalue weighted by Crippen LogP contribution is -2.25. The van der Waals surface area contributed by atoms with Crippen molar-refractivity contribution in [1.29, 1.82) is 0 Å². The van der Waals surface area contributed by atoms with E-state index in [4.69, 9.17) is 9.98 Å². The summed E-state index contributed by atoms with van der Waals surface area (Å²) in [6.45, 7) is 8.06. The summed E-state index contributed by atoms with van der Waals surface area (Å²) >= 11 is 0. The van der Waals surface area contributed by atoms with Crippen molar-refractivity contribution in [3.05, 3.63) is 71.2 Å². The molecule has 0 unspecified atom stereocenters. The van der Waals surface area contributed by atoms with Gasteiger partial charge in [-0.15, -0.1) is 0 Å². The van der Waals surface area contributed by atoms with E-state index >= 15 is 0 Å². The zero-order chi connectivity index (χ0) is 18.0. The molecule has 25 heavy (non-hydrogen) atoms. The number of pyridine rings is 1. The molecule has 2 bridgehead atoms. The third kappa shape index (κ3) is 3.25. The lowest BCUT2D eigenvalue weighted by atomic mass is 9.93. The van der Waals surface area contributed by atoms with Crippen LogP contribution in [0.15, 0.2) is 70.1 Å². The van der Waals surface area contributed by atoms with Gasteiger partial charge in [0, 0.05) is 39.3 Å². The van der Waals surface area contributed by atoms with Crippen molar-refractivity contribution in [3.8, 4) is 0 Å². The minimum absolute atomic E-state index is 0.750. The maximum atomic E-state index is 4.86. The molecule has 3 rings (SSSR count). The number of allylic oxidation sites excluding steroid dienone is 7. The minimum atomic E-state index is 0.750. The summed E-state index contributed by atoms with van der Waals surface area (Å²) in [6.07, 6.45) is 11.4. The maximum absolute atomic E-state index is 4.86. The normalized spacial score (nSPS) is 20.3. The first-order valence-electron chi connectivity index (χ1n) is 8.50. The van der Waals surface area contributed by atoms with Crippen LogP contribution in [-0.4, -0.2) is 35.7 Å². The van der Waals surface area contributed by atoms with Crippen LogP contribution in [0.1, 0.15) is 30.9 Å². The fourth-order valence-electron chi connectivity index (χ4n) is 3.31. The van der Waals surface area contributed by atoms with Gasteiger partial charge in [-0.1, -0.05) is 24.8 Å². The number of aliphatic imine (C=N–C) groups is 2. The quantitative estimate of drug-likeness (QED) is 0.809. The number of aromatic nitrogens is 1. The van der Waals surface area contributed by atoms with E-state index in [1.165, 1.54) is 22.3 Å². The second kappa shape index (κ2) is 7.01. The van der Waals surface area contributed by atoms with Crippen LogP contribution in [0.2, 0.25) is 0 Å².